The third-order valence-corrected chi connectivity index (χ3v) is 2.90. The van der Waals surface area contributed by atoms with Crippen molar-refractivity contribution in [1.82, 2.24) is 14.8 Å². The van der Waals surface area contributed by atoms with Crippen LogP contribution in [0.2, 0.25) is 5.02 Å². The van der Waals surface area contributed by atoms with Crippen LogP contribution in [0.5, 0.6) is 0 Å². The molecule has 3 nitrogen and oxygen atoms in total. The highest BCUT2D eigenvalue weighted by Gasteiger charge is 2.10. The molecule has 0 aliphatic heterocycles. The van der Waals surface area contributed by atoms with E-state index in [9.17, 15) is 0 Å². The maximum Gasteiger partial charge on any atom is 0.113 e. The first-order chi connectivity index (χ1) is 8.84. The van der Waals surface area contributed by atoms with E-state index in [0.717, 1.165) is 16.9 Å². The molecule has 0 radical (unpaired) electrons. The highest BCUT2D eigenvalue weighted by Crippen LogP contribution is 2.26. The van der Waals surface area contributed by atoms with Crippen molar-refractivity contribution in [3.05, 3.63) is 66.1 Å². The minimum Gasteiger partial charge on any atom is -0.264 e. The predicted molar refractivity (Wildman–Crippen MR) is 71.8 cm³/mol. The van der Waals surface area contributed by atoms with Gasteiger partial charge in [-0.05, 0) is 24.3 Å². The molecule has 0 fully saturated rings. The zero-order valence-corrected chi connectivity index (χ0v) is 10.2. The Morgan fingerprint density at radius 2 is 1.83 bits per heavy atom. The summed E-state index contributed by atoms with van der Waals surface area (Å²) >= 11 is 6.22. The van der Waals surface area contributed by atoms with Crippen LogP contribution in [0.15, 0.2) is 61.1 Å². The summed E-state index contributed by atoms with van der Waals surface area (Å²) in [6.45, 7) is 0. The summed E-state index contributed by atoms with van der Waals surface area (Å²) in [7, 11) is 0. The molecular weight excluding hydrogens is 246 g/mol. The van der Waals surface area contributed by atoms with Crippen molar-refractivity contribution in [2.45, 2.75) is 0 Å². The Labute approximate surface area is 110 Å². The van der Waals surface area contributed by atoms with Crippen LogP contribution in [-0.2, 0) is 0 Å². The molecule has 2 aromatic heterocycles. The Morgan fingerprint density at radius 1 is 1.00 bits per heavy atom. The molecule has 2 heterocycles. The van der Waals surface area contributed by atoms with E-state index in [1.165, 1.54) is 0 Å². The van der Waals surface area contributed by atoms with Crippen LogP contribution in [0.1, 0.15) is 0 Å². The summed E-state index contributed by atoms with van der Waals surface area (Å²) in [6, 6.07) is 13.7. The van der Waals surface area contributed by atoms with Crippen molar-refractivity contribution in [1.29, 1.82) is 0 Å². The van der Waals surface area contributed by atoms with Gasteiger partial charge in [-0.2, -0.15) is 5.10 Å². The lowest BCUT2D eigenvalue weighted by molar-refractivity contribution is 0.884. The Morgan fingerprint density at radius 3 is 2.56 bits per heavy atom. The van der Waals surface area contributed by atoms with Gasteiger partial charge in [-0.3, -0.25) is 4.98 Å². The summed E-state index contributed by atoms with van der Waals surface area (Å²) in [4.78, 5) is 4.08. The molecule has 0 bridgehead atoms. The van der Waals surface area contributed by atoms with Gasteiger partial charge in [0.15, 0.2) is 0 Å². The van der Waals surface area contributed by atoms with Crippen LogP contribution < -0.4 is 0 Å². The summed E-state index contributed by atoms with van der Waals surface area (Å²) in [5.41, 5.74) is 2.64. The largest absolute Gasteiger partial charge is 0.264 e. The second-order valence-corrected chi connectivity index (χ2v) is 4.25. The van der Waals surface area contributed by atoms with Crippen molar-refractivity contribution in [2.24, 2.45) is 0 Å². The van der Waals surface area contributed by atoms with Crippen molar-refractivity contribution in [3.63, 3.8) is 0 Å². The van der Waals surface area contributed by atoms with Gasteiger partial charge in [0, 0.05) is 18.0 Å². The van der Waals surface area contributed by atoms with E-state index in [1.807, 2.05) is 42.5 Å². The molecule has 18 heavy (non-hydrogen) atoms. The van der Waals surface area contributed by atoms with E-state index in [-0.39, 0.29) is 0 Å². The van der Waals surface area contributed by atoms with E-state index in [1.54, 1.807) is 23.3 Å². The van der Waals surface area contributed by atoms with Crippen LogP contribution in [0.4, 0.5) is 0 Å². The molecule has 0 spiro atoms. The van der Waals surface area contributed by atoms with Crippen molar-refractivity contribution >= 4 is 11.6 Å². The lowest BCUT2D eigenvalue weighted by atomic mass is 10.2. The van der Waals surface area contributed by atoms with Gasteiger partial charge in [0.1, 0.15) is 5.69 Å². The average Bonchev–Trinajstić information content (AvgIpc) is 2.83. The van der Waals surface area contributed by atoms with Crippen molar-refractivity contribution in [2.75, 3.05) is 0 Å². The first-order valence-corrected chi connectivity index (χ1v) is 5.93. The Hall–Kier alpha value is -2.13. The zero-order valence-electron chi connectivity index (χ0n) is 9.49. The van der Waals surface area contributed by atoms with Gasteiger partial charge in [0.05, 0.1) is 16.9 Å². The zero-order chi connectivity index (χ0) is 12.4. The van der Waals surface area contributed by atoms with Crippen LogP contribution in [-0.4, -0.2) is 14.8 Å². The standard InChI is InChI=1S/C14H10ClN3/c15-13-10-18(12-6-2-1-3-7-12)17-14(13)11-5-4-8-16-9-11/h1-10H. The van der Waals surface area contributed by atoms with E-state index in [2.05, 4.69) is 10.1 Å². The number of hydrogen-bond donors (Lipinski definition) is 0. The summed E-state index contributed by atoms with van der Waals surface area (Å²) in [5.74, 6) is 0. The molecule has 0 amide bonds. The molecule has 0 N–H and O–H groups in total. The maximum atomic E-state index is 6.22. The molecule has 0 aliphatic carbocycles. The molecule has 0 aliphatic rings. The molecule has 0 saturated heterocycles. The number of rotatable bonds is 2. The molecule has 1 aromatic carbocycles. The molecule has 0 unspecified atom stereocenters. The van der Waals surface area contributed by atoms with Gasteiger partial charge in [-0.25, -0.2) is 4.68 Å². The lowest BCUT2D eigenvalue weighted by Crippen LogP contribution is -1.94. The third-order valence-electron chi connectivity index (χ3n) is 2.63. The van der Waals surface area contributed by atoms with Crippen LogP contribution in [0.25, 0.3) is 16.9 Å². The topological polar surface area (TPSA) is 30.7 Å². The normalized spacial score (nSPS) is 10.5. The summed E-state index contributed by atoms with van der Waals surface area (Å²) in [5, 5.41) is 5.11. The first kappa shape index (κ1) is 11.0. The number of nitrogens with zero attached hydrogens (tertiary/aromatic N) is 3. The number of hydrogen-bond acceptors (Lipinski definition) is 2. The predicted octanol–water partition coefficient (Wildman–Crippen LogP) is 3.59. The molecular formula is C14H10ClN3. The molecule has 0 atom stereocenters. The fourth-order valence-corrected chi connectivity index (χ4v) is 2.00. The Balaban J connectivity index is 2.07. The monoisotopic (exact) mass is 255 g/mol. The second kappa shape index (κ2) is 4.63. The van der Waals surface area contributed by atoms with E-state index in [4.69, 9.17) is 11.6 Å². The fraction of sp³-hybridized carbons (Fsp3) is 0. The van der Waals surface area contributed by atoms with Crippen molar-refractivity contribution in [3.8, 4) is 16.9 Å². The summed E-state index contributed by atoms with van der Waals surface area (Å²) in [6.07, 6.45) is 5.29. The summed E-state index contributed by atoms with van der Waals surface area (Å²) < 4.78 is 1.77. The van der Waals surface area contributed by atoms with Crippen LogP contribution in [0, 0.1) is 0 Å². The van der Waals surface area contributed by atoms with Crippen LogP contribution >= 0.6 is 11.6 Å². The van der Waals surface area contributed by atoms with Gasteiger partial charge in [0.25, 0.3) is 0 Å². The van der Waals surface area contributed by atoms with E-state index >= 15 is 0 Å². The van der Waals surface area contributed by atoms with Gasteiger partial charge in [-0.15, -0.1) is 0 Å². The number of halogens is 1. The molecule has 4 heteroatoms. The second-order valence-electron chi connectivity index (χ2n) is 3.85. The molecule has 88 valence electrons. The number of aromatic nitrogens is 3. The lowest BCUT2D eigenvalue weighted by Gasteiger charge is -1.99. The minimum atomic E-state index is 0.617. The van der Waals surface area contributed by atoms with Crippen LogP contribution in [0.3, 0.4) is 0 Å². The van der Waals surface area contributed by atoms with E-state index in [0.29, 0.717) is 5.02 Å². The fourth-order valence-electron chi connectivity index (χ4n) is 1.76. The highest BCUT2D eigenvalue weighted by atomic mass is 35.5. The van der Waals surface area contributed by atoms with Gasteiger partial charge >= 0.3 is 0 Å². The SMILES string of the molecule is Clc1cn(-c2ccccc2)nc1-c1cccnc1. The van der Waals surface area contributed by atoms with Gasteiger partial charge in [0.2, 0.25) is 0 Å². The van der Waals surface area contributed by atoms with Gasteiger partial charge < -0.3 is 0 Å². The number of para-hydroxylation sites is 1. The van der Waals surface area contributed by atoms with Gasteiger partial charge in [-0.1, -0.05) is 29.8 Å². The Kier molecular flexibility index (Phi) is 2.82. The number of benzene rings is 1. The first-order valence-electron chi connectivity index (χ1n) is 5.55. The molecule has 3 aromatic rings. The van der Waals surface area contributed by atoms with Crippen molar-refractivity contribution < 1.29 is 0 Å². The third kappa shape index (κ3) is 2.00. The van der Waals surface area contributed by atoms with E-state index < -0.39 is 0 Å². The molecule has 3 rings (SSSR count). The minimum absolute atomic E-state index is 0.617. The Bertz CT molecular complexity index is 647. The smallest absolute Gasteiger partial charge is 0.113 e. The average molecular weight is 256 g/mol. The maximum absolute atomic E-state index is 6.22. The highest BCUT2D eigenvalue weighted by molar-refractivity contribution is 6.33. The quantitative estimate of drug-likeness (QED) is 0.701. The number of pyridine rings is 1. The molecule has 0 saturated carbocycles.